The van der Waals surface area contributed by atoms with Crippen LogP contribution in [0.2, 0.25) is 0 Å². The highest BCUT2D eigenvalue weighted by atomic mass is 33.1. The molecule has 0 fully saturated rings. The fourth-order valence-corrected chi connectivity index (χ4v) is 5.08. The second-order valence-electron chi connectivity index (χ2n) is 6.75. The molecular weight excluding hydrogens is 328 g/mol. The highest BCUT2D eigenvalue weighted by Crippen LogP contribution is 2.24. The molecule has 0 aromatic rings. The van der Waals surface area contributed by atoms with Gasteiger partial charge in [-0.05, 0) is 38.5 Å². The SMILES string of the molecule is C=CCCCCCCCCCSSCCCCCCCCCC=C. The topological polar surface area (TPSA) is 0 Å². The van der Waals surface area contributed by atoms with Crippen molar-refractivity contribution in [3.05, 3.63) is 25.3 Å². The summed E-state index contributed by atoms with van der Waals surface area (Å²) in [6.45, 7) is 7.55. The third-order valence-corrected chi connectivity index (χ3v) is 6.93. The van der Waals surface area contributed by atoms with Crippen LogP contribution in [0.5, 0.6) is 0 Å². The van der Waals surface area contributed by atoms with E-state index in [-0.39, 0.29) is 0 Å². The van der Waals surface area contributed by atoms with Gasteiger partial charge in [0.2, 0.25) is 0 Å². The molecule has 0 aliphatic heterocycles. The lowest BCUT2D eigenvalue weighted by molar-refractivity contribution is 0.593. The van der Waals surface area contributed by atoms with Gasteiger partial charge in [0, 0.05) is 11.5 Å². The first-order chi connectivity index (χ1) is 11.9. The van der Waals surface area contributed by atoms with Crippen LogP contribution in [-0.2, 0) is 0 Å². The van der Waals surface area contributed by atoms with Gasteiger partial charge in [-0.3, -0.25) is 0 Å². The lowest BCUT2D eigenvalue weighted by atomic mass is 10.1. The summed E-state index contributed by atoms with van der Waals surface area (Å²) in [5, 5.41) is 0. The van der Waals surface area contributed by atoms with Crippen molar-refractivity contribution >= 4 is 21.6 Å². The Labute approximate surface area is 161 Å². The summed E-state index contributed by atoms with van der Waals surface area (Å²) in [6, 6.07) is 0. The van der Waals surface area contributed by atoms with Gasteiger partial charge in [-0.2, -0.15) is 0 Å². The van der Waals surface area contributed by atoms with Crippen LogP contribution in [0.3, 0.4) is 0 Å². The molecule has 0 saturated heterocycles. The first kappa shape index (κ1) is 24.2. The second kappa shape index (κ2) is 23.2. The van der Waals surface area contributed by atoms with Crippen molar-refractivity contribution in [2.24, 2.45) is 0 Å². The Balaban J connectivity index is 2.95. The van der Waals surface area contributed by atoms with Crippen LogP contribution in [-0.4, -0.2) is 11.5 Å². The number of rotatable bonds is 21. The third-order valence-electron chi connectivity index (χ3n) is 4.36. The van der Waals surface area contributed by atoms with Crippen molar-refractivity contribution in [3.8, 4) is 0 Å². The van der Waals surface area contributed by atoms with E-state index in [1.807, 2.05) is 12.2 Å². The molecule has 0 N–H and O–H groups in total. The molecule has 0 rings (SSSR count). The van der Waals surface area contributed by atoms with Crippen LogP contribution in [0.25, 0.3) is 0 Å². The zero-order chi connectivity index (χ0) is 17.6. The molecule has 0 aliphatic rings. The quantitative estimate of drug-likeness (QED) is 0.112. The second-order valence-corrected chi connectivity index (χ2v) is 9.45. The average molecular weight is 371 g/mol. The standard InChI is InChI=1S/C22H42S2/c1-3-5-7-9-11-13-15-17-19-21-23-24-22-20-18-16-14-12-10-8-6-4-2/h3-4H,1-2,5-22H2. The average Bonchev–Trinajstić information content (AvgIpc) is 2.60. The monoisotopic (exact) mass is 370 g/mol. The minimum atomic E-state index is 1.20. The van der Waals surface area contributed by atoms with E-state index in [1.165, 1.54) is 114 Å². The zero-order valence-electron chi connectivity index (χ0n) is 16.1. The lowest BCUT2D eigenvalue weighted by Crippen LogP contribution is -1.84. The van der Waals surface area contributed by atoms with E-state index in [9.17, 15) is 0 Å². The molecule has 0 amide bonds. The number of unbranched alkanes of at least 4 members (excludes halogenated alkanes) is 14. The summed E-state index contributed by atoms with van der Waals surface area (Å²) >= 11 is 0. The molecule has 0 unspecified atom stereocenters. The van der Waals surface area contributed by atoms with Gasteiger partial charge >= 0.3 is 0 Å². The molecule has 0 atom stereocenters. The Morgan fingerprint density at radius 1 is 0.417 bits per heavy atom. The molecule has 142 valence electrons. The first-order valence-corrected chi connectivity index (χ1v) is 12.9. The summed E-state index contributed by atoms with van der Waals surface area (Å²) in [5.74, 6) is 2.70. The predicted molar refractivity (Wildman–Crippen MR) is 119 cm³/mol. The van der Waals surface area contributed by atoms with Crippen LogP contribution >= 0.6 is 21.6 Å². The highest BCUT2D eigenvalue weighted by Gasteiger charge is 1.95. The van der Waals surface area contributed by atoms with Gasteiger partial charge in [0.25, 0.3) is 0 Å². The Hall–Kier alpha value is 0.180. The molecule has 2 heteroatoms. The van der Waals surface area contributed by atoms with Gasteiger partial charge in [0.1, 0.15) is 0 Å². The van der Waals surface area contributed by atoms with Crippen molar-refractivity contribution in [2.45, 2.75) is 103 Å². The van der Waals surface area contributed by atoms with E-state index in [2.05, 4.69) is 34.7 Å². The summed E-state index contributed by atoms with van der Waals surface area (Å²) in [4.78, 5) is 0. The molecule has 0 spiro atoms. The van der Waals surface area contributed by atoms with Crippen LogP contribution in [0.15, 0.2) is 25.3 Å². The molecule has 0 nitrogen and oxygen atoms in total. The minimum absolute atomic E-state index is 1.20. The normalized spacial score (nSPS) is 10.8. The van der Waals surface area contributed by atoms with E-state index in [1.54, 1.807) is 0 Å². The van der Waals surface area contributed by atoms with E-state index in [4.69, 9.17) is 0 Å². The zero-order valence-corrected chi connectivity index (χ0v) is 17.7. The Morgan fingerprint density at radius 2 is 0.708 bits per heavy atom. The Kier molecular flexibility index (Phi) is 23.4. The molecule has 24 heavy (non-hydrogen) atoms. The van der Waals surface area contributed by atoms with Crippen molar-refractivity contribution in [2.75, 3.05) is 11.5 Å². The van der Waals surface area contributed by atoms with Crippen LogP contribution in [0, 0.1) is 0 Å². The van der Waals surface area contributed by atoms with Crippen LogP contribution in [0.4, 0.5) is 0 Å². The lowest BCUT2D eigenvalue weighted by Gasteiger charge is -2.03. The van der Waals surface area contributed by atoms with E-state index >= 15 is 0 Å². The van der Waals surface area contributed by atoms with Crippen molar-refractivity contribution in [1.82, 2.24) is 0 Å². The maximum absolute atomic E-state index is 3.77. The summed E-state index contributed by atoms with van der Waals surface area (Å²) in [6.07, 6.45) is 26.2. The van der Waals surface area contributed by atoms with Crippen molar-refractivity contribution < 1.29 is 0 Å². The molecule has 0 heterocycles. The molecule has 0 aromatic carbocycles. The van der Waals surface area contributed by atoms with Gasteiger partial charge in [-0.15, -0.1) is 13.2 Å². The maximum atomic E-state index is 3.77. The number of hydrogen-bond acceptors (Lipinski definition) is 2. The third kappa shape index (κ3) is 22.2. The molecular formula is C22H42S2. The number of allylic oxidation sites excluding steroid dienone is 2. The number of hydrogen-bond donors (Lipinski definition) is 0. The first-order valence-electron chi connectivity index (χ1n) is 10.4. The van der Waals surface area contributed by atoms with Crippen LogP contribution < -0.4 is 0 Å². The van der Waals surface area contributed by atoms with Crippen molar-refractivity contribution in [1.29, 1.82) is 0 Å². The predicted octanol–water partition coefficient (Wildman–Crippen LogP) is 8.98. The summed E-state index contributed by atoms with van der Waals surface area (Å²) < 4.78 is 0. The fraction of sp³-hybridized carbons (Fsp3) is 0.818. The Bertz CT molecular complexity index is 224. The van der Waals surface area contributed by atoms with Gasteiger partial charge in [0.05, 0.1) is 0 Å². The van der Waals surface area contributed by atoms with E-state index < -0.39 is 0 Å². The maximum Gasteiger partial charge on any atom is 0.00369 e. The van der Waals surface area contributed by atoms with Gasteiger partial charge in [0.15, 0.2) is 0 Å². The largest absolute Gasteiger partial charge is 0.103 e. The molecule has 0 bridgehead atoms. The minimum Gasteiger partial charge on any atom is -0.103 e. The molecule has 0 aromatic heterocycles. The Morgan fingerprint density at radius 3 is 1.04 bits per heavy atom. The van der Waals surface area contributed by atoms with E-state index in [0.717, 1.165) is 0 Å². The van der Waals surface area contributed by atoms with Crippen LogP contribution in [0.1, 0.15) is 103 Å². The summed E-state index contributed by atoms with van der Waals surface area (Å²) in [7, 11) is 4.20. The van der Waals surface area contributed by atoms with E-state index in [0.29, 0.717) is 0 Å². The molecule has 0 aliphatic carbocycles. The van der Waals surface area contributed by atoms with Crippen molar-refractivity contribution in [3.63, 3.8) is 0 Å². The molecule has 0 saturated carbocycles. The van der Waals surface area contributed by atoms with Gasteiger partial charge < -0.3 is 0 Å². The fourth-order valence-electron chi connectivity index (χ4n) is 2.78. The highest BCUT2D eigenvalue weighted by molar-refractivity contribution is 8.76. The van der Waals surface area contributed by atoms with Gasteiger partial charge in [-0.25, -0.2) is 0 Å². The summed E-state index contributed by atoms with van der Waals surface area (Å²) in [5.41, 5.74) is 0. The van der Waals surface area contributed by atoms with Gasteiger partial charge in [-0.1, -0.05) is 97.9 Å². The smallest absolute Gasteiger partial charge is 0.00369 e. The molecule has 0 radical (unpaired) electrons.